The number of benzene rings is 1. The molecule has 1 aliphatic rings. The first-order valence-electron chi connectivity index (χ1n) is 5.63. The number of nitrogens with zero attached hydrogens (tertiary/aromatic N) is 3. The van der Waals surface area contributed by atoms with Crippen molar-refractivity contribution in [1.82, 2.24) is 14.8 Å². The number of halogens is 2. The van der Waals surface area contributed by atoms with E-state index in [9.17, 15) is 4.79 Å². The topological polar surface area (TPSA) is 80.0 Å². The number of carboxylic acid groups (broad SMARTS) is 1. The van der Waals surface area contributed by atoms with Crippen molar-refractivity contribution in [2.24, 2.45) is 0 Å². The Balaban J connectivity index is 2.14. The Morgan fingerprint density at radius 3 is 2.90 bits per heavy atom. The molecule has 0 aliphatic carbocycles. The van der Waals surface area contributed by atoms with Crippen LogP contribution in [-0.4, -0.2) is 25.8 Å². The standard InChI is InChI=1S/C12H8Cl2N4O2/c13-6-1-2-7(8(14)3-6)10-4-9(11(19)20)17-12-15-5-16-18(10)12/h1-5,10H,(H,19,20)(H,15,16,17). The van der Waals surface area contributed by atoms with Gasteiger partial charge in [0.25, 0.3) is 0 Å². The van der Waals surface area contributed by atoms with E-state index in [2.05, 4.69) is 15.4 Å². The summed E-state index contributed by atoms with van der Waals surface area (Å²) in [6.07, 6.45) is 2.87. The molecule has 1 atom stereocenters. The predicted octanol–water partition coefficient (Wildman–Crippen LogP) is 2.57. The van der Waals surface area contributed by atoms with Crippen LogP contribution in [0.25, 0.3) is 0 Å². The number of aromatic nitrogens is 3. The van der Waals surface area contributed by atoms with Crippen LogP contribution in [0.5, 0.6) is 0 Å². The van der Waals surface area contributed by atoms with Crippen molar-refractivity contribution in [2.45, 2.75) is 6.04 Å². The van der Waals surface area contributed by atoms with E-state index in [4.69, 9.17) is 28.3 Å². The molecule has 0 saturated heterocycles. The lowest BCUT2D eigenvalue weighted by Crippen LogP contribution is -2.24. The fourth-order valence-corrected chi connectivity index (χ4v) is 2.54. The van der Waals surface area contributed by atoms with Gasteiger partial charge in [-0.2, -0.15) is 10.1 Å². The number of hydrogen-bond donors (Lipinski definition) is 2. The van der Waals surface area contributed by atoms with Gasteiger partial charge >= 0.3 is 5.97 Å². The third-order valence-electron chi connectivity index (χ3n) is 2.92. The molecule has 0 radical (unpaired) electrons. The Morgan fingerprint density at radius 1 is 1.40 bits per heavy atom. The lowest BCUT2D eigenvalue weighted by Gasteiger charge is -2.23. The van der Waals surface area contributed by atoms with E-state index >= 15 is 0 Å². The molecule has 2 heterocycles. The van der Waals surface area contributed by atoms with Gasteiger partial charge in [0.1, 0.15) is 18.1 Å². The van der Waals surface area contributed by atoms with Crippen molar-refractivity contribution < 1.29 is 9.90 Å². The number of anilines is 1. The fourth-order valence-electron chi connectivity index (χ4n) is 2.02. The summed E-state index contributed by atoms with van der Waals surface area (Å²) in [5.41, 5.74) is 0.726. The van der Waals surface area contributed by atoms with Crippen molar-refractivity contribution >= 4 is 35.1 Å². The van der Waals surface area contributed by atoms with Gasteiger partial charge < -0.3 is 10.4 Å². The molecule has 2 aromatic rings. The summed E-state index contributed by atoms with van der Waals surface area (Å²) in [6, 6.07) is 4.58. The van der Waals surface area contributed by atoms with Crippen molar-refractivity contribution in [3.05, 3.63) is 51.9 Å². The number of aliphatic carboxylic acids is 1. The molecule has 0 bridgehead atoms. The zero-order valence-corrected chi connectivity index (χ0v) is 11.4. The highest BCUT2D eigenvalue weighted by Gasteiger charge is 2.26. The molecule has 0 amide bonds. The van der Waals surface area contributed by atoms with E-state index < -0.39 is 12.0 Å². The van der Waals surface area contributed by atoms with Gasteiger partial charge in [-0.15, -0.1) is 0 Å². The fraction of sp³-hybridized carbons (Fsp3) is 0.0833. The SMILES string of the molecule is O=C(O)C1=CC(c2ccc(Cl)cc2Cl)n2ncnc2N1. The normalized spacial score (nSPS) is 17.1. The highest BCUT2D eigenvalue weighted by Crippen LogP contribution is 2.33. The highest BCUT2D eigenvalue weighted by molar-refractivity contribution is 6.35. The smallest absolute Gasteiger partial charge is 0.352 e. The van der Waals surface area contributed by atoms with E-state index in [1.807, 2.05) is 0 Å². The maximum Gasteiger partial charge on any atom is 0.352 e. The Labute approximate surface area is 123 Å². The maximum absolute atomic E-state index is 11.2. The average Bonchev–Trinajstić information content (AvgIpc) is 2.86. The zero-order chi connectivity index (χ0) is 14.3. The Hall–Kier alpha value is -2.05. The molecular weight excluding hydrogens is 303 g/mol. The van der Waals surface area contributed by atoms with Gasteiger partial charge in [0.2, 0.25) is 5.95 Å². The molecule has 0 spiro atoms. The largest absolute Gasteiger partial charge is 0.477 e. The van der Waals surface area contributed by atoms with Crippen molar-refractivity contribution in [3.8, 4) is 0 Å². The van der Waals surface area contributed by atoms with Crippen LogP contribution in [0.2, 0.25) is 10.0 Å². The van der Waals surface area contributed by atoms with Gasteiger partial charge in [0, 0.05) is 10.0 Å². The van der Waals surface area contributed by atoms with Crippen molar-refractivity contribution in [2.75, 3.05) is 5.32 Å². The number of hydrogen-bond acceptors (Lipinski definition) is 4. The van der Waals surface area contributed by atoms with E-state index in [1.54, 1.807) is 22.9 Å². The molecule has 0 saturated carbocycles. The number of nitrogens with one attached hydrogen (secondary N) is 1. The van der Waals surface area contributed by atoms with Crippen LogP contribution in [-0.2, 0) is 4.79 Å². The van der Waals surface area contributed by atoms with Gasteiger partial charge in [-0.05, 0) is 23.8 Å². The second kappa shape index (κ2) is 4.81. The summed E-state index contributed by atoms with van der Waals surface area (Å²) in [6.45, 7) is 0. The second-order valence-electron chi connectivity index (χ2n) is 4.15. The van der Waals surface area contributed by atoms with Crippen LogP contribution in [0.1, 0.15) is 11.6 Å². The number of carbonyl (C=O) groups is 1. The van der Waals surface area contributed by atoms with E-state index in [-0.39, 0.29) is 5.70 Å². The average molecular weight is 311 g/mol. The minimum absolute atomic E-state index is 0.0292. The van der Waals surface area contributed by atoms with Gasteiger partial charge in [0.05, 0.1) is 0 Å². The van der Waals surface area contributed by atoms with E-state index in [0.717, 1.165) is 0 Å². The molecule has 1 aliphatic heterocycles. The summed E-state index contributed by atoms with van der Waals surface area (Å²) in [7, 11) is 0. The van der Waals surface area contributed by atoms with Crippen LogP contribution in [0.4, 0.5) is 5.95 Å². The number of rotatable bonds is 2. The lowest BCUT2D eigenvalue weighted by molar-refractivity contribution is -0.132. The molecule has 20 heavy (non-hydrogen) atoms. The molecule has 0 fully saturated rings. The lowest BCUT2D eigenvalue weighted by atomic mass is 10.0. The monoisotopic (exact) mass is 310 g/mol. The van der Waals surface area contributed by atoms with Crippen LogP contribution in [0.15, 0.2) is 36.3 Å². The summed E-state index contributed by atoms with van der Waals surface area (Å²) < 4.78 is 1.56. The van der Waals surface area contributed by atoms with Gasteiger partial charge in [-0.25, -0.2) is 9.48 Å². The van der Waals surface area contributed by atoms with Crippen LogP contribution in [0, 0.1) is 0 Å². The molecular formula is C12H8Cl2N4O2. The summed E-state index contributed by atoms with van der Waals surface area (Å²) >= 11 is 12.1. The molecule has 3 rings (SSSR count). The molecule has 102 valence electrons. The van der Waals surface area contributed by atoms with Crippen LogP contribution < -0.4 is 5.32 Å². The molecule has 6 nitrogen and oxygen atoms in total. The van der Waals surface area contributed by atoms with Crippen LogP contribution in [0.3, 0.4) is 0 Å². The predicted molar refractivity (Wildman–Crippen MR) is 74.0 cm³/mol. The maximum atomic E-state index is 11.2. The Kier molecular flexibility index (Phi) is 3.11. The third-order valence-corrected chi connectivity index (χ3v) is 3.48. The van der Waals surface area contributed by atoms with Gasteiger partial charge in [-0.1, -0.05) is 29.3 Å². The second-order valence-corrected chi connectivity index (χ2v) is 4.99. The first-order valence-corrected chi connectivity index (χ1v) is 6.38. The summed E-state index contributed by atoms with van der Waals surface area (Å²) in [5.74, 6) is -0.727. The first-order chi connectivity index (χ1) is 9.56. The Bertz CT molecular complexity index is 726. The summed E-state index contributed by atoms with van der Waals surface area (Å²) in [4.78, 5) is 15.1. The minimum atomic E-state index is -1.07. The minimum Gasteiger partial charge on any atom is -0.477 e. The number of allylic oxidation sites excluding steroid dienone is 1. The van der Waals surface area contributed by atoms with Crippen molar-refractivity contribution in [1.29, 1.82) is 0 Å². The van der Waals surface area contributed by atoms with E-state index in [1.165, 1.54) is 12.4 Å². The van der Waals surface area contributed by atoms with Crippen LogP contribution >= 0.6 is 23.2 Å². The summed E-state index contributed by atoms with van der Waals surface area (Å²) in [5, 5.41) is 16.9. The molecule has 1 aromatic heterocycles. The quantitative estimate of drug-likeness (QED) is 0.891. The molecule has 8 heteroatoms. The molecule has 2 N–H and O–H groups in total. The zero-order valence-electron chi connectivity index (χ0n) is 9.92. The third kappa shape index (κ3) is 2.13. The number of carboxylic acids is 1. The Morgan fingerprint density at radius 2 is 2.20 bits per heavy atom. The highest BCUT2D eigenvalue weighted by atomic mass is 35.5. The number of fused-ring (bicyclic) bond motifs is 1. The molecule has 1 unspecified atom stereocenters. The van der Waals surface area contributed by atoms with Gasteiger partial charge in [0.15, 0.2) is 0 Å². The van der Waals surface area contributed by atoms with Gasteiger partial charge in [-0.3, -0.25) is 0 Å². The van der Waals surface area contributed by atoms with Crippen molar-refractivity contribution in [3.63, 3.8) is 0 Å². The van der Waals surface area contributed by atoms with E-state index in [0.29, 0.717) is 21.6 Å². The molecule has 1 aromatic carbocycles. The first kappa shape index (κ1) is 13.0.